The molecule has 2 aliphatic rings. The first-order chi connectivity index (χ1) is 8.10. The van der Waals surface area contributed by atoms with Crippen molar-refractivity contribution < 1.29 is 9.84 Å². The van der Waals surface area contributed by atoms with E-state index in [2.05, 4.69) is 13.8 Å². The zero-order valence-corrected chi connectivity index (χ0v) is 10.5. The summed E-state index contributed by atoms with van der Waals surface area (Å²) in [6, 6.07) is 7.87. The zero-order chi connectivity index (χ0) is 12.0. The molecule has 1 fully saturated rings. The number of para-hydroxylation sites is 1. The molecular formula is C15H20O2. The Bertz CT molecular complexity index is 419. The van der Waals surface area contributed by atoms with Gasteiger partial charge >= 0.3 is 0 Å². The third-order valence-corrected chi connectivity index (χ3v) is 4.38. The summed E-state index contributed by atoms with van der Waals surface area (Å²) in [5.41, 5.74) is 0.869. The Hall–Kier alpha value is -1.02. The van der Waals surface area contributed by atoms with Gasteiger partial charge < -0.3 is 9.84 Å². The highest BCUT2D eigenvalue weighted by Gasteiger charge is 2.50. The third kappa shape index (κ3) is 1.75. The van der Waals surface area contributed by atoms with E-state index in [9.17, 15) is 5.11 Å². The van der Waals surface area contributed by atoms with Gasteiger partial charge in [0.2, 0.25) is 0 Å². The van der Waals surface area contributed by atoms with Gasteiger partial charge in [0, 0.05) is 12.0 Å². The molecule has 1 aliphatic heterocycles. The highest BCUT2D eigenvalue weighted by molar-refractivity contribution is 5.38. The van der Waals surface area contributed by atoms with Gasteiger partial charge in [0.15, 0.2) is 0 Å². The van der Waals surface area contributed by atoms with Crippen molar-refractivity contribution in [2.75, 3.05) is 0 Å². The first-order valence-corrected chi connectivity index (χ1v) is 6.56. The predicted molar refractivity (Wildman–Crippen MR) is 66.9 cm³/mol. The fourth-order valence-electron chi connectivity index (χ4n) is 3.20. The summed E-state index contributed by atoms with van der Waals surface area (Å²) < 4.78 is 6.15. The second kappa shape index (κ2) is 3.74. The van der Waals surface area contributed by atoms with Gasteiger partial charge in [0.1, 0.15) is 11.4 Å². The smallest absolute Gasteiger partial charge is 0.125 e. The van der Waals surface area contributed by atoms with Crippen molar-refractivity contribution in [3.05, 3.63) is 29.8 Å². The van der Waals surface area contributed by atoms with Crippen molar-refractivity contribution in [1.29, 1.82) is 0 Å². The van der Waals surface area contributed by atoms with Crippen LogP contribution in [0.3, 0.4) is 0 Å². The molecule has 0 aromatic heterocycles. The molecule has 1 aromatic rings. The van der Waals surface area contributed by atoms with E-state index in [0.717, 1.165) is 42.4 Å². The normalized spacial score (nSPS) is 35.3. The lowest BCUT2D eigenvalue weighted by Crippen LogP contribution is -2.53. The van der Waals surface area contributed by atoms with Crippen LogP contribution in [-0.2, 0) is 0 Å². The lowest BCUT2D eigenvalue weighted by molar-refractivity contribution is -0.108. The van der Waals surface area contributed by atoms with E-state index in [1.54, 1.807) is 0 Å². The summed E-state index contributed by atoms with van der Waals surface area (Å²) in [5.74, 6) is 2.36. The van der Waals surface area contributed by atoms with E-state index in [4.69, 9.17) is 4.74 Å². The average Bonchev–Trinajstić information content (AvgIpc) is 2.25. The molecule has 17 heavy (non-hydrogen) atoms. The van der Waals surface area contributed by atoms with Crippen molar-refractivity contribution in [1.82, 2.24) is 0 Å². The molecule has 2 heteroatoms. The second-order valence-corrected chi connectivity index (χ2v) is 5.96. The summed E-state index contributed by atoms with van der Waals surface area (Å²) in [6.07, 6.45) is 2.59. The number of hydrogen-bond acceptors (Lipinski definition) is 2. The van der Waals surface area contributed by atoms with Gasteiger partial charge in [-0.1, -0.05) is 32.0 Å². The summed E-state index contributed by atoms with van der Waals surface area (Å²) in [4.78, 5) is 0. The average molecular weight is 232 g/mol. The summed E-state index contributed by atoms with van der Waals surface area (Å²) in [6.45, 7) is 4.54. The molecule has 0 saturated heterocycles. The quantitative estimate of drug-likeness (QED) is 0.805. The SMILES string of the molecule is CC(C)C1CC2(C1)C[C@H](O)c1ccccc1O2. The van der Waals surface area contributed by atoms with E-state index >= 15 is 0 Å². The van der Waals surface area contributed by atoms with Crippen LogP contribution in [0.15, 0.2) is 24.3 Å². The number of aliphatic hydroxyl groups excluding tert-OH is 1. The van der Waals surface area contributed by atoms with Crippen LogP contribution in [0.5, 0.6) is 5.75 Å². The molecule has 1 N–H and O–H groups in total. The molecule has 1 aromatic carbocycles. The van der Waals surface area contributed by atoms with E-state index < -0.39 is 0 Å². The van der Waals surface area contributed by atoms with E-state index in [-0.39, 0.29) is 11.7 Å². The van der Waals surface area contributed by atoms with E-state index in [1.807, 2.05) is 24.3 Å². The van der Waals surface area contributed by atoms with Crippen LogP contribution in [0.4, 0.5) is 0 Å². The van der Waals surface area contributed by atoms with Crippen molar-refractivity contribution in [2.45, 2.75) is 44.8 Å². The van der Waals surface area contributed by atoms with Crippen molar-refractivity contribution >= 4 is 0 Å². The highest BCUT2D eigenvalue weighted by Crippen LogP contribution is 2.53. The van der Waals surface area contributed by atoms with Gasteiger partial charge in [-0.25, -0.2) is 0 Å². The minimum absolute atomic E-state index is 0.0806. The molecule has 0 unspecified atom stereocenters. The number of benzene rings is 1. The maximum absolute atomic E-state index is 10.2. The third-order valence-electron chi connectivity index (χ3n) is 4.38. The Morgan fingerprint density at radius 1 is 1.24 bits per heavy atom. The van der Waals surface area contributed by atoms with Crippen LogP contribution in [0.1, 0.15) is 44.8 Å². The molecule has 1 heterocycles. The Kier molecular flexibility index (Phi) is 2.44. The van der Waals surface area contributed by atoms with Gasteiger partial charge in [0.25, 0.3) is 0 Å². The Morgan fingerprint density at radius 3 is 2.65 bits per heavy atom. The Labute approximate surface area is 103 Å². The fraction of sp³-hybridized carbons (Fsp3) is 0.600. The zero-order valence-electron chi connectivity index (χ0n) is 10.5. The number of hydrogen-bond donors (Lipinski definition) is 1. The van der Waals surface area contributed by atoms with Gasteiger partial charge in [-0.05, 0) is 30.7 Å². The number of rotatable bonds is 1. The van der Waals surface area contributed by atoms with Gasteiger partial charge in [-0.15, -0.1) is 0 Å². The molecule has 1 saturated carbocycles. The molecule has 0 radical (unpaired) electrons. The molecule has 1 aliphatic carbocycles. The molecule has 1 atom stereocenters. The summed E-state index contributed by atoms with van der Waals surface area (Å²) in [5, 5.41) is 10.2. The topological polar surface area (TPSA) is 29.5 Å². The summed E-state index contributed by atoms with van der Waals surface area (Å²) >= 11 is 0. The lowest BCUT2D eigenvalue weighted by Gasteiger charge is -2.52. The van der Waals surface area contributed by atoms with Crippen LogP contribution >= 0.6 is 0 Å². The molecular weight excluding hydrogens is 212 g/mol. The largest absolute Gasteiger partial charge is 0.487 e. The van der Waals surface area contributed by atoms with Crippen LogP contribution in [-0.4, -0.2) is 10.7 Å². The molecule has 0 amide bonds. The van der Waals surface area contributed by atoms with Crippen LogP contribution in [0.25, 0.3) is 0 Å². The fourth-order valence-corrected chi connectivity index (χ4v) is 3.20. The number of fused-ring (bicyclic) bond motifs is 1. The monoisotopic (exact) mass is 232 g/mol. The highest BCUT2D eigenvalue weighted by atomic mass is 16.5. The second-order valence-electron chi connectivity index (χ2n) is 5.96. The van der Waals surface area contributed by atoms with Crippen LogP contribution in [0.2, 0.25) is 0 Å². The summed E-state index contributed by atoms with van der Waals surface area (Å²) in [7, 11) is 0. The maximum atomic E-state index is 10.2. The lowest BCUT2D eigenvalue weighted by atomic mass is 9.63. The van der Waals surface area contributed by atoms with E-state index in [1.165, 1.54) is 0 Å². The van der Waals surface area contributed by atoms with Crippen LogP contribution < -0.4 is 4.74 Å². The molecule has 2 nitrogen and oxygen atoms in total. The first kappa shape index (κ1) is 11.1. The molecule has 0 bridgehead atoms. The van der Waals surface area contributed by atoms with Crippen molar-refractivity contribution in [3.63, 3.8) is 0 Å². The van der Waals surface area contributed by atoms with Crippen molar-refractivity contribution in [3.8, 4) is 5.75 Å². The molecule has 92 valence electrons. The first-order valence-electron chi connectivity index (χ1n) is 6.56. The van der Waals surface area contributed by atoms with Gasteiger partial charge in [-0.2, -0.15) is 0 Å². The number of ether oxygens (including phenoxy) is 1. The Balaban J connectivity index is 1.81. The van der Waals surface area contributed by atoms with Gasteiger partial charge in [-0.3, -0.25) is 0 Å². The van der Waals surface area contributed by atoms with Crippen LogP contribution in [0, 0.1) is 11.8 Å². The predicted octanol–water partition coefficient (Wildman–Crippen LogP) is 3.31. The van der Waals surface area contributed by atoms with Gasteiger partial charge in [0.05, 0.1) is 6.10 Å². The minimum Gasteiger partial charge on any atom is -0.487 e. The molecule has 1 spiro atoms. The Morgan fingerprint density at radius 2 is 1.94 bits per heavy atom. The maximum Gasteiger partial charge on any atom is 0.125 e. The minimum atomic E-state index is -0.354. The standard InChI is InChI=1S/C15H20O2/c1-10(2)11-7-15(8-11)9-13(16)12-5-3-4-6-14(12)17-15/h3-6,10-11,13,16H,7-9H2,1-2H3/t11?,13-,15?/m0/s1. The van der Waals surface area contributed by atoms with Crippen molar-refractivity contribution in [2.24, 2.45) is 11.8 Å². The molecule has 3 rings (SSSR count). The van der Waals surface area contributed by atoms with E-state index in [0.29, 0.717) is 0 Å². The number of aliphatic hydroxyl groups is 1.